The first-order valence-corrected chi connectivity index (χ1v) is 10.1. The standard InChI is InChI=1S/C20H33N5O2/c1-13(2)7-8-25-16(12-24-10-14(3)9-15(4)11-24)21-18-17(25)19(26)23(6)20(27)22(18)5/h13-15H,7-12H2,1-6H3/t14-,15-/m0/s1. The molecular formula is C20H33N5O2. The lowest BCUT2D eigenvalue weighted by Crippen LogP contribution is -2.39. The molecule has 2 aromatic rings. The van der Waals surface area contributed by atoms with Crippen molar-refractivity contribution in [1.82, 2.24) is 23.6 Å². The number of aryl methyl sites for hydroxylation is 2. The highest BCUT2D eigenvalue weighted by Gasteiger charge is 2.25. The van der Waals surface area contributed by atoms with Crippen molar-refractivity contribution in [2.24, 2.45) is 31.8 Å². The van der Waals surface area contributed by atoms with Crippen molar-refractivity contribution >= 4 is 11.2 Å². The third-order valence-corrected chi connectivity index (χ3v) is 5.67. The molecule has 7 heteroatoms. The number of fused-ring (bicyclic) bond motifs is 1. The Hall–Kier alpha value is -1.89. The molecule has 0 unspecified atom stereocenters. The molecule has 0 saturated carbocycles. The minimum absolute atomic E-state index is 0.254. The van der Waals surface area contributed by atoms with Gasteiger partial charge in [-0.25, -0.2) is 9.78 Å². The quantitative estimate of drug-likeness (QED) is 0.801. The van der Waals surface area contributed by atoms with Crippen molar-refractivity contribution in [3.05, 3.63) is 26.7 Å². The Balaban J connectivity index is 2.09. The van der Waals surface area contributed by atoms with Gasteiger partial charge in [-0.3, -0.25) is 18.8 Å². The summed E-state index contributed by atoms with van der Waals surface area (Å²) in [5.74, 6) is 2.76. The molecule has 2 aromatic heterocycles. The van der Waals surface area contributed by atoms with Crippen LogP contribution in [0.2, 0.25) is 0 Å². The number of nitrogens with zero attached hydrogens (tertiary/aromatic N) is 5. The third kappa shape index (κ3) is 3.88. The summed E-state index contributed by atoms with van der Waals surface area (Å²) >= 11 is 0. The summed E-state index contributed by atoms with van der Waals surface area (Å²) in [5, 5.41) is 0. The zero-order valence-electron chi connectivity index (χ0n) is 17.5. The average molecular weight is 376 g/mol. The zero-order valence-corrected chi connectivity index (χ0v) is 17.5. The molecule has 7 nitrogen and oxygen atoms in total. The molecule has 3 heterocycles. The maximum absolute atomic E-state index is 12.9. The molecule has 1 aliphatic rings. The highest BCUT2D eigenvalue weighted by Crippen LogP contribution is 2.23. The van der Waals surface area contributed by atoms with E-state index < -0.39 is 0 Å². The van der Waals surface area contributed by atoms with Crippen LogP contribution in [-0.4, -0.2) is 36.7 Å². The number of rotatable bonds is 5. The molecule has 0 amide bonds. The summed E-state index contributed by atoms with van der Waals surface area (Å²) in [7, 11) is 3.23. The van der Waals surface area contributed by atoms with Crippen LogP contribution in [-0.2, 0) is 27.2 Å². The first kappa shape index (κ1) is 19.9. The number of imidazole rings is 1. The lowest BCUT2D eigenvalue weighted by Gasteiger charge is -2.34. The fourth-order valence-electron chi connectivity index (χ4n) is 4.36. The van der Waals surface area contributed by atoms with Gasteiger partial charge in [0.1, 0.15) is 5.82 Å². The first-order valence-electron chi connectivity index (χ1n) is 10.1. The summed E-state index contributed by atoms with van der Waals surface area (Å²) in [4.78, 5) is 32.4. The molecule has 1 aliphatic heterocycles. The maximum Gasteiger partial charge on any atom is 0.332 e. The number of likely N-dealkylation sites (tertiary alicyclic amines) is 1. The van der Waals surface area contributed by atoms with E-state index in [1.807, 2.05) is 0 Å². The Morgan fingerprint density at radius 2 is 1.70 bits per heavy atom. The maximum atomic E-state index is 12.9. The van der Waals surface area contributed by atoms with Gasteiger partial charge in [-0.2, -0.15) is 0 Å². The smallest absolute Gasteiger partial charge is 0.321 e. The normalized spacial score (nSPS) is 21.4. The lowest BCUT2D eigenvalue weighted by molar-refractivity contribution is 0.130. The van der Waals surface area contributed by atoms with E-state index in [-0.39, 0.29) is 11.2 Å². The van der Waals surface area contributed by atoms with Gasteiger partial charge in [-0.15, -0.1) is 0 Å². The Morgan fingerprint density at radius 1 is 1.07 bits per heavy atom. The number of aromatic nitrogens is 4. The molecule has 1 fully saturated rings. The van der Waals surface area contributed by atoms with Crippen molar-refractivity contribution in [2.75, 3.05) is 13.1 Å². The van der Waals surface area contributed by atoms with Crippen LogP contribution in [0.1, 0.15) is 46.4 Å². The fraction of sp³-hybridized carbons (Fsp3) is 0.750. The van der Waals surface area contributed by atoms with Crippen molar-refractivity contribution in [2.45, 2.75) is 53.6 Å². The van der Waals surface area contributed by atoms with Crippen LogP contribution < -0.4 is 11.2 Å². The molecule has 0 radical (unpaired) electrons. The summed E-state index contributed by atoms with van der Waals surface area (Å²) in [6, 6.07) is 0. The van der Waals surface area contributed by atoms with Gasteiger partial charge in [-0.1, -0.05) is 27.7 Å². The second kappa shape index (κ2) is 7.62. The average Bonchev–Trinajstić information content (AvgIpc) is 2.93. The molecule has 150 valence electrons. The summed E-state index contributed by atoms with van der Waals surface area (Å²) in [6.07, 6.45) is 2.23. The molecule has 0 bridgehead atoms. The van der Waals surface area contributed by atoms with E-state index in [4.69, 9.17) is 4.98 Å². The van der Waals surface area contributed by atoms with E-state index in [0.29, 0.717) is 28.9 Å². The molecule has 0 aromatic carbocycles. The predicted molar refractivity (Wildman–Crippen MR) is 108 cm³/mol. The van der Waals surface area contributed by atoms with Crippen molar-refractivity contribution in [1.29, 1.82) is 0 Å². The SMILES string of the molecule is CC(C)CCn1c(CN2C[C@@H](C)C[C@H](C)C2)nc2c1c(=O)n(C)c(=O)n2C. The van der Waals surface area contributed by atoms with E-state index in [1.165, 1.54) is 22.6 Å². The minimum Gasteiger partial charge on any atom is -0.321 e. The van der Waals surface area contributed by atoms with E-state index in [2.05, 4.69) is 37.2 Å². The molecule has 3 rings (SSSR count). The van der Waals surface area contributed by atoms with Crippen LogP contribution in [0.3, 0.4) is 0 Å². The van der Waals surface area contributed by atoms with Crippen LogP contribution in [0.15, 0.2) is 9.59 Å². The molecule has 0 spiro atoms. The zero-order chi connectivity index (χ0) is 19.9. The highest BCUT2D eigenvalue weighted by molar-refractivity contribution is 5.71. The van der Waals surface area contributed by atoms with Crippen molar-refractivity contribution in [3.8, 4) is 0 Å². The van der Waals surface area contributed by atoms with Gasteiger partial charge < -0.3 is 4.57 Å². The molecule has 0 aliphatic carbocycles. The van der Waals surface area contributed by atoms with Crippen LogP contribution in [0.25, 0.3) is 11.2 Å². The molecule has 2 atom stereocenters. The van der Waals surface area contributed by atoms with E-state index in [1.54, 1.807) is 7.05 Å². The Labute approximate surface area is 160 Å². The van der Waals surface area contributed by atoms with Gasteiger partial charge in [-0.05, 0) is 30.6 Å². The highest BCUT2D eigenvalue weighted by atomic mass is 16.2. The Bertz CT molecular complexity index is 926. The van der Waals surface area contributed by atoms with Gasteiger partial charge in [0, 0.05) is 33.7 Å². The van der Waals surface area contributed by atoms with Gasteiger partial charge in [0.05, 0.1) is 6.54 Å². The Morgan fingerprint density at radius 3 is 2.30 bits per heavy atom. The fourth-order valence-corrected chi connectivity index (χ4v) is 4.36. The van der Waals surface area contributed by atoms with Crippen LogP contribution >= 0.6 is 0 Å². The Kier molecular flexibility index (Phi) is 5.60. The number of hydrogen-bond acceptors (Lipinski definition) is 4. The van der Waals surface area contributed by atoms with Crippen LogP contribution in [0, 0.1) is 17.8 Å². The number of hydrogen-bond donors (Lipinski definition) is 0. The monoisotopic (exact) mass is 375 g/mol. The summed E-state index contributed by atoms with van der Waals surface area (Å²) in [6.45, 7) is 12.5. The number of piperidine rings is 1. The van der Waals surface area contributed by atoms with Crippen molar-refractivity contribution in [3.63, 3.8) is 0 Å². The summed E-state index contributed by atoms with van der Waals surface area (Å²) < 4.78 is 4.74. The van der Waals surface area contributed by atoms with Crippen LogP contribution in [0.5, 0.6) is 0 Å². The van der Waals surface area contributed by atoms with E-state index in [0.717, 1.165) is 38.4 Å². The molecule has 27 heavy (non-hydrogen) atoms. The third-order valence-electron chi connectivity index (χ3n) is 5.67. The van der Waals surface area contributed by atoms with Gasteiger partial charge >= 0.3 is 5.69 Å². The minimum atomic E-state index is -0.326. The second-order valence-electron chi connectivity index (χ2n) is 8.88. The lowest BCUT2D eigenvalue weighted by atomic mass is 9.92. The van der Waals surface area contributed by atoms with Crippen molar-refractivity contribution < 1.29 is 0 Å². The summed E-state index contributed by atoms with van der Waals surface area (Å²) in [5.41, 5.74) is 0.470. The van der Waals surface area contributed by atoms with Crippen LogP contribution in [0.4, 0.5) is 0 Å². The second-order valence-corrected chi connectivity index (χ2v) is 8.88. The van der Waals surface area contributed by atoms with Gasteiger partial charge in [0.2, 0.25) is 0 Å². The largest absolute Gasteiger partial charge is 0.332 e. The van der Waals surface area contributed by atoms with E-state index in [9.17, 15) is 9.59 Å². The first-order chi connectivity index (χ1) is 12.7. The molecule has 0 N–H and O–H groups in total. The van der Waals surface area contributed by atoms with Gasteiger partial charge in [0.15, 0.2) is 11.2 Å². The van der Waals surface area contributed by atoms with Gasteiger partial charge in [0.25, 0.3) is 5.56 Å². The topological polar surface area (TPSA) is 65.1 Å². The van der Waals surface area contributed by atoms with E-state index >= 15 is 0 Å². The predicted octanol–water partition coefficient (Wildman–Crippen LogP) is 1.96. The molecular weight excluding hydrogens is 342 g/mol. The molecule has 1 saturated heterocycles.